The average molecular weight is 291 g/mol. The second kappa shape index (κ2) is 7.14. The molecule has 3 heterocycles. The van der Waals surface area contributed by atoms with Crippen molar-refractivity contribution >= 4 is 10.9 Å². The predicted octanol–water partition coefficient (Wildman–Crippen LogP) is 4.08. The third-order valence-corrected chi connectivity index (χ3v) is 4.10. The molecule has 0 radical (unpaired) electrons. The van der Waals surface area contributed by atoms with Crippen LogP contribution < -0.4 is 0 Å². The van der Waals surface area contributed by atoms with Gasteiger partial charge in [-0.15, -0.1) is 0 Å². The van der Waals surface area contributed by atoms with E-state index in [0.717, 1.165) is 5.52 Å². The molecule has 112 valence electrons. The zero-order valence-corrected chi connectivity index (χ0v) is 12.9. The minimum atomic E-state index is 0.610. The first-order valence-electron chi connectivity index (χ1n) is 7.74. The number of likely N-dealkylation sites (tertiary alicyclic amines) is 1. The molecule has 2 aromatic heterocycles. The Balaban J connectivity index is 0.000000133. The number of hydrogen-bond acceptors (Lipinski definition) is 3. The largest absolute Gasteiger partial charge is 0.299 e. The van der Waals surface area contributed by atoms with Crippen LogP contribution in [0.2, 0.25) is 0 Å². The third kappa shape index (κ3) is 3.49. The molecular formula is C19H21N3. The van der Waals surface area contributed by atoms with E-state index in [4.69, 9.17) is 0 Å². The van der Waals surface area contributed by atoms with Crippen molar-refractivity contribution in [2.45, 2.75) is 18.9 Å². The molecule has 3 nitrogen and oxygen atoms in total. The highest BCUT2D eigenvalue weighted by molar-refractivity contribution is 5.77. The van der Waals surface area contributed by atoms with Crippen LogP contribution in [0.4, 0.5) is 0 Å². The quantitative estimate of drug-likeness (QED) is 0.676. The summed E-state index contributed by atoms with van der Waals surface area (Å²) in [5.74, 6) is 0. The Morgan fingerprint density at radius 1 is 1.00 bits per heavy atom. The zero-order valence-electron chi connectivity index (χ0n) is 12.9. The first kappa shape index (κ1) is 14.7. The fourth-order valence-electron chi connectivity index (χ4n) is 2.92. The van der Waals surface area contributed by atoms with Crippen LogP contribution in [-0.4, -0.2) is 28.5 Å². The molecule has 1 aliphatic heterocycles. The summed E-state index contributed by atoms with van der Waals surface area (Å²) in [7, 11) is 2.19. The Labute approximate surface area is 131 Å². The van der Waals surface area contributed by atoms with Crippen LogP contribution in [-0.2, 0) is 0 Å². The normalized spacial score (nSPS) is 18.0. The second-order valence-corrected chi connectivity index (χ2v) is 5.62. The van der Waals surface area contributed by atoms with Crippen molar-refractivity contribution in [3.8, 4) is 0 Å². The van der Waals surface area contributed by atoms with E-state index in [1.54, 1.807) is 0 Å². The summed E-state index contributed by atoms with van der Waals surface area (Å²) in [5, 5.41) is 1.20. The fraction of sp³-hybridized carbons (Fsp3) is 0.263. The van der Waals surface area contributed by atoms with E-state index in [0.29, 0.717) is 6.04 Å². The first-order chi connectivity index (χ1) is 10.8. The van der Waals surface area contributed by atoms with Crippen LogP contribution in [0, 0.1) is 0 Å². The monoisotopic (exact) mass is 291 g/mol. The third-order valence-electron chi connectivity index (χ3n) is 4.10. The average Bonchev–Trinajstić information content (AvgIpc) is 3.02. The number of benzene rings is 1. The molecule has 1 aromatic carbocycles. The van der Waals surface area contributed by atoms with Crippen LogP contribution in [0.25, 0.3) is 10.9 Å². The first-order valence-corrected chi connectivity index (χ1v) is 7.74. The maximum Gasteiger partial charge on any atom is 0.0701 e. The summed E-state index contributed by atoms with van der Waals surface area (Å²) in [4.78, 5) is 10.7. The Bertz CT molecular complexity index is 646. The molecule has 1 aliphatic rings. The lowest BCUT2D eigenvalue weighted by Gasteiger charge is -2.18. The maximum atomic E-state index is 4.18. The molecule has 0 N–H and O–H groups in total. The van der Waals surface area contributed by atoms with Crippen molar-refractivity contribution in [2.75, 3.05) is 13.6 Å². The van der Waals surface area contributed by atoms with E-state index in [2.05, 4.69) is 40.1 Å². The van der Waals surface area contributed by atoms with E-state index in [1.165, 1.54) is 30.3 Å². The minimum absolute atomic E-state index is 0.610. The molecule has 0 aliphatic carbocycles. The molecule has 22 heavy (non-hydrogen) atoms. The summed E-state index contributed by atoms with van der Waals surface area (Å²) in [6.45, 7) is 1.22. The van der Waals surface area contributed by atoms with Gasteiger partial charge in [-0.25, -0.2) is 0 Å². The van der Waals surface area contributed by atoms with Crippen LogP contribution in [0.15, 0.2) is 67.1 Å². The smallest absolute Gasteiger partial charge is 0.0701 e. The van der Waals surface area contributed by atoms with Gasteiger partial charge in [0, 0.05) is 30.0 Å². The van der Waals surface area contributed by atoms with Crippen LogP contribution in [0.5, 0.6) is 0 Å². The van der Waals surface area contributed by atoms with Gasteiger partial charge in [-0.3, -0.25) is 14.9 Å². The SMILES string of the molecule is CN1CCCC1c1cccnc1.c1ccc2ncccc2c1. The fourth-order valence-corrected chi connectivity index (χ4v) is 2.92. The molecule has 3 aromatic rings. The molecule has 1 unspecified atom stereocenters. The topological polar surface area (TPSA) is 29.0 Å². The Hall–Kier alpha value is -2.26. The summed E-state index contributed by atoms with van der Waals surface area (Å²) in [6, 6.07) is 16.9. The molecule has 1 saturated heterocycles. The maximum absolute atomic E-state index is 4.18. The molecule has 0 amide bonds. The highest BCUT2D eigenvalue weighted by Gasteiger charge is 2.21. The van der Waals surface area contributed by atoms with E-state index >= 15 is 0 Å². The van der Waals surface area contributed by atoms with Crippen molar-refractivity contribution in [3.63, 3.8) is 0 Å². The van der Waals surface area contributed by atoms with Gasteiger partial charge in [0.2, 0.25) is 0 Å². The van der Waals surface area contributed by atoms with Gasteiger partial charge in [0.05, 0.1) is 5.52 Å². The molecule has 1 fully saturated rings. The molecule has 0 spiro atoms. The van der Waals surface area contributed by atoms with Gasteiger partial charge < -0.3 is 0 Å². The van der Waals surface area contributed by atoms with Crippen LogP contribution in [0.3, 0.4) is 0 Å². The second-order valence-electron chi connectivity index (χ2n) is 5.62. The molecule has 0 bridgehead atoms. The lowest BCUT2D eigenvalue weighted by atomic mass is 10.1. The number of fused-ring (bicyclic) bond motifs is 1. The summed E-state index contributed by atoms with van der Waals surface area (Å²) >= 11 is 0. The van der Waals surface area contributed by atoms with Gasteiger partial charge >= 0.3 is 0 Å². The highest BCUT2D eigenvalue weighted by Crippen LogP contribution is 2.29. The molecule has 3 heteroatoms. The van der Waals surface area contributed by atoms with E-state index in [1.807, 2.05) is 48.9 Å². The summed E-state index contributed by atoms with van der Waals surface area (Å²) in [5.41, 5.74) is 2.42. The van der Waals surface area contributed by atoms with Crippen molar-refractivity contribution in [1.29, 1.82) is 0 Å². The van der Waals surface area contributed by atoms with Crippen molar-refractivity contribution in [3.05, 3.63) is 72.7 Å². The number of aromatic nitrogens is 2. The van der Waals surface area contributed by atoms with Crippen LogP contribution >= 0.6 is 0 Å². The molecule has 1 atom stereocenters. The lowest BCUT2D eigenvalue weighted by molar-refractivity contribution is 0.317. The Morgan fingerprint density at radius 3 is 2.55 bits per heavy atom. The number of nitrogens with zero attached hydrogens (tertiary/aromatic N) is 3. The van der Waals surface area contributed by atoms with E-state index in [-0.39, 0.29) is 0 Å². The van der Waals surface area contributed by atoms with Gasteiger partial charge in [-0.1, -0.05) is 30.3 Å². The van der Waals surface area contributed by atoms with E-state index < -0.39 is 0 Å². The zero-order chi connectivity index (χ0) is 15.2. The Morgan fingerprint density at radius 2 is 1.82 bits per heavy atom. The van der Waals surface area contributed by atoms with Crippen molar-refractivity contribution in [2.24, 2.45) is 0 Å². The number of para-hydroxylation sites is 1. The van der Waals surface area contributed by atoms with Crippen molar-refractivity contribution < 1.29 is 0 Å². The van der Waals surface area contributed by atoms with Gasteiger partial charge in [0.25, 0.3) is 0 Å². The standard InChI is InChI=1S/C10H14N2.C9H7N/c1-12-7-3-5-10(12)9-4-2-6-11-8-9;1-2-6-9-8(4-1)5-3-7-10-9/h2,4,6,8,10H,3,5,7H2,1H3;1-7H. The summed E-state index contributed by atoms with van der Waals surface area (Å²) < 4.78 is 0. The Kier molecular flexibility index (Phi) is 4.76. The molecular weight excluding hydrogens is 270 g/mol. The molecule has 0 saturated carbocycles. The van der Waals surface area contributed by atoms with E-state index in [9.17, 15) is 0 Å². The van der Waals surface area contributed by atoms with Gasteiger partial charge in [0.1, 0.15) is 0 Å². The molecule has 4 rings (SSSR count). The highest BCUT2D eigenvalue weighted by atomic mass is 15.1. The number of rotatable bonds is 1. The summed E-state index contributed by atoms with van der Waals surface area (Å²) in [6.07, 6.45) is 8.21. The number of pyridine rings is 2. The van der Waals surface area contributed by atoms with Crippen LogP contribution in [0.1, 0.15) is 24.4 Å². The minimum Gasteiger partial charge on any atom is -0.299 e. The predicted molar refractivity (Wildman–Crippen MR) is 90.6 cm³/mol. The van der Waals surface area contributed by atoms with Gasteiger partial charge in [0.15, 0.2) is 0 Å². The number of hydrogen-bond donors (Lipinski definition) is 0. The van der Waals surface area contributed by atoms with Crippen molar-refractivity contribution in [1.82, 2.24) is 14.9 Å². The van der Waals surface area contributed by atoms with Gasteiger partial charge in [-0.2, -0.15) is 0 Å². The lowest BCUT2D eigenvalue weighted by Crippen LogP contribution is -2.17. The van der Waals surface area contributed by atoms with Gasteiger partial charge in [-0.05, 0) is 50.2 Å².